The second kappa shape index (κ2) is 7.43. The zero-order valence-corrected chi connectivity index (χ0v) is 12.7. The molecular weight excluding hydrogens is 281 g/mol. The van der Waals surface area contributed by atoms with Gasteiger partial charge in [0.15, 0.2) is 0 Å². The Morgan fingerprint density at radius 1 is 1.35 bits per heavy atom. The number of nitrogens with one attached hydrogen (secondary N) is 1. The van der Waals surface area contributed by atoms with Crippen molar-refractivity contribution in [1.82, 2.24) is 5.32 Å². The second-order valence-corrected chi connectivity index (χ2v) is 6.69. The van der Waals surface area contributed by atoms with Gasteiger partial charge in [0.25, 0.3) is 0 Å². The first kappa shape index (κ1) is 16.7. The largest absolute Gasteiger partial charge is 0.445 e. The van der Waals surface area contributed by atoms with Gasteiger partial charge >= 0.3 is 13.7 Å². The van der Waals surface area contributed by atoms with Gasteiger partial charge in [-0.2, -0.15) is 0 Å². The van der Waals surface area contributed by atoms with Crippen molar-refractivity contribution < 1.29 is 23.5 Å². The number of hydrogen-bond acceptors (Lipinski definition) is 4. The van der Waals surface area contributed by atoms with Crippen LogP contribution in [0.15, 0.2) is 30.3 Å². The maximum Gasteiger partial charge on any atom is 0.408 e. The van der Waals surface area contributed by atoms with E-state index in [1.165, 1.54) is 0 Å². The van der Waals surface area contributed by atoms with Gasteiger partial charge in [-0.3, -0.25) is 4.57 Å². The fourth-order valence-corrected chi connectivity index (χ4v) is 2.87. The molecule has 0 heterocycles. The fourth-order valence-electron chi connectivity index (χ4n) is 1.62. The van der Waals surface area contributed by atoms with Crippen molar-refractivity contribution in [2.45, 2.75) is 26.2 Å². The number of amides is 1. The van der Waals surface area contributed by atoms with Crippen LogP contribution in [0.3, 0.4) is 0 Å². The van der Waals surface area contributed by atoms with E-state index in [1.807, 2.05) is 30.3 Å². The van der Waals surface area contributed by atoms with E-state index in [-0.39, 0.29) is 12.5 Å². The zero-order chi connectivity index (χ0) is 15.2. The molecule has 0 aliphatic rings. The van der Waals surface area contributed by atoms with Crippen molar-refractivity contribution in [3.05, 3.63) is 35.9 Å². The highest BCUT2D eigenvalue weighted by Gasteiger charge is 2.35. The molecule has 20 heavy (non-hydrogen) atoms. The van der Waals surface area contributed by atoms with Crippen molar-refractivity contribution in [2.24, 2.45) is 5.92 Å². The van der Waals surface area contributed by atoms with Crippen LogP contribution in [-0.4, -0.2) is 23.9 Å². The Bertz CT molecular complexity index is 477. The van der Waals surface area contributed by atoms with Crippen LogP contribution in [0.4, 0.5) is 4.79 Å². The van der Waals surface area contributed by atoms with E-state index in [0.29, 0.717) is 0 Å². The standard InChI is InChI=1S/C13H20NO5P/c1-10(2)12(20(16,17)18-3)14-13(15)19-9-11-7-5-4-6-8-11/h4-8,10,12H,9H2,1-3H3,(H,14,15)(H,16,17). The van der Waals surface area contributed by atoms with Gasteiger partial charge in [-0.05, 0) is 11.5 Å². The summed E-state index contributed by atoms with van der Waals surface area (Å²) in [7, 11) is -2.77. The van der Waals surface area contributed by atoms with Gasteiger partial charge in [0.05, 0.1) is 0 Å². The molecule has 0 radical (unpaired) electrons. The molecule has 1 amide bonds. The third kappa shape index (κ3) is 4.96. The summed E-state index contributed by atoms with van der Waals surface area (Å²) >= 11 is 0. The Hall–Kier alpha value is -1.36. The molecule has 0 saturated carbocycles. The van der Waals surface area contributed by atoms with E-state index in [9.17, 15) is 14.3 Å². The summed E-state index contributed by atoms with van der Waals surface area (Å²) in [5, 5.41) is 2.38. The van der Waals surface area contributed by atoms with Crippen LogP contribution in [-0.2, 0) is 20.4 Å². The zero-order valence-electron chi connectivity index (χ0n) is 11.8. The molecule has 1 aromatic carbocycles. The van der Waals surface area contributed by atoms with Gasteiger partial charge in [-0.1, -0.05) is 44.2 Å². The first-order chi connectivity index (χ1) is 9.36. The first-order valence-electron chi connectivity index (χ1n) is 6.22. The lowest BCUT2D eigenvalue weighted by Crippen LogP contribution is -2.39. The van der Waals surface area contributed by atoms with Crippen LogP contribution in [0.5, 0.6) is 0 Å². The topological polar surface area (TPSA) is 84.9 Å². The van der Waals surface area contributed by atoms with Gasteiger partial charge in [-0.15, -0.1) is 0 Å². The minimum Gasteiger partial charge on any atom is -0.445 e. The van der Waals surface area contributed by atoms with E-state index in [1.54, 1.807) is 13.8 Å². The fraction of sp³-hybridized carbons (Fsp3) is 0.462. The van der Waals surface area contributed by atoms with Gasteiger partial charge in [0, 0.05) is 7.11 Å². The van der Waals surface area contributed by atoms with Crippen molar-refractivity contribution in [3.8, 4) is 0 Å². The number of benzene rings is 1. The van der Waals surface area contributed by atoms with Crippen LogP contribution in [0.1, 0.15) is 19.4 Å². The predicted molar refractivity (Wildman–Crippen MR) is 75.2 cm³/mol. The predicted octanol–water partition coefficient (Wildman–Crippen LogP) is 2.73. The van der Waals surface area contributed by atoms with E-state index in [2.05, 4.69) is 9.84 Å². The van der Waals surface area contributed by atoms with E-state index < -0.39 is 19.5 Å². The maximum atomic E-state index is 11.8. The SMILES string of the molecule is COP(=O)(O)C(NC(=O)OCc1ccccc1)C(C)C. The molecule has 2 unspecified atom stereocenters. The lowest BCUT2D eigenvalue weighted by Gasteiger charge is -2.25. The Balaban J connectivity index is 2.57. The summed E-state index contributed by atoms with van der Waals surface area (Å²) in [6.07, 6.45) is -0.751. The summed E-state index contributed by atoms with van der Waals surface area (Å²) < 4.78 is 21.4. The molecule has 0 aromatic heterocycles. The molecule has 0 spiro atoms. The number of carbonyl (C=O) groups is 1. The molecule has 0 bridgehead atoms. The van der Waals surface area contributed by atoms with Crippen LogP contribution in [0.25, 0.3) is 0 Å². The average Bonchev–Trinajstić information content (AvgIpc) is 2.43. The minimum atomic E-state index is -3.90. The molecule has 6 nitrogen and oxygen atoms in total. The number of carbonyl (C=O) groups excluding carboxylic acids is 1. The van der Waals surface area contributed by atoms with E-state index in [4.69, 9.17) is 4.74 Å². The lowest BCUT2D eigenvalue weighted by atomic mass is 10.2. The Morgan fingerprint density at radius 2 is 1.95 bits per heavy atom. The maximum absolute atomic E-state index is 11.8. The van der Waals surface area contributed by atoms with Gasteiger partial charge in [-0.25, -0.2) is 4.79 Å². The summed E-state index contributed by atoms with van der Waals surface area (Å²) in [4.78, 5) is 21.3. The van der Waals surface area contributed by atoms with Gasteiger partial charge < -0.3 is 19.5 Å². The summed E-state index contributed by atoms with van der Waals surface area (Å²) in [5.41, 5.74) is 0.836. The smallest absolute Gasteiger partial charge is 0.408 e. The average molecular weight is 301 g/mol. The number of rotatable bonds is 6. The molecule has 0 fully saturated rings. The van der Waals surface area contributed by atoms with Crippen LogP contribution < -0.4 is 5.32 Å². The van der Waals surface area contributed by atoms with Crippen molar-refractivity contribution >= 4 is 13.7 Å². The third-order valence-electron chi connectivity index (χ3n) is 2.72. The number of ether oxygens (including phenoxy) is 1. The lowest BCUT2D eigenvalue weighted by molar-refractivity contribution is 0.134. The van der Waals surface area contributed by atoms with Gasteiger partial charge in [0.1, 0.15) is 12.4 Å². The van der Waals surface area contributed by atoms with Gasteiger partial charge in [0.2, 0.25) is 0 Å². The first-order valence-corrected chi connectivity index (χ1v) is 7.87. The molecule has 1 aromatic rings. The van der Waals surface area contributed by atoms with E-state index in [0.717, 1.165) is 12.7 Å². The van der Waals surface area contributed by atoms with Crippen LogP contribution >= 0.6 is 7.60 Å². The molecule has 0 aliphatic carbocycles. The van der Waals surface area contributed by atoms with Crippen molar-refractivity contribution in [2.75, 3.05) is 7.11 Å². The highest BCUT2D eigenvalue weighted by atomic mass is 31.2. The van der Waals surface area contributed by atoms with Crippen LogP contribution in [0, 0.1) is 5.92 Å². The third-order valence-corrected chi connectivity index (χ3v) is 4.67. The Labute approximate surface area is 118 Å². The summed E-state index contributed by atoms with van der Waals surface area (Å²) in [6, 6.07) is 9.16. The second-order valence-electron chi connectivity index (χ2n) is 4.64. The van der Waals surface area contributed by atoms with E-state index >= 15 is 0 Å². The number of alkyl carbamates (subject to hydrolysis) is 1. The number of hydrogen-bond donors (Lipinski definition) is 2. The molecule has 1 rings (SSSR count). The van der Waals surface area contributed by atoms with Crippen molar-refractivity contribution in [1.29, 1.82) is 0 Å². The highest BCUT2D eigenvalue weighted by Crippen LogP contribution is 2.48. The molecule has 112 valence electrons. The molecule has 2 atom stereocenters. The van der Waals surface area contributed by atoms with Crippen molar-refractivity contribution in [3.63, 3.8) is 0 Å². The Morgan fingerprint density at radius 3 is 2.45 bits per heavy atom. The monoisotopic (exact) mass is 301 g/mol. The molecule has 2 N–H and O–H groups in total. The summed E-state index contributed by atoms with van der Waals surface area (Å²) in [6.45, 7) is 3.52. The highest BCUT2D eigenvalue weighted by molar-refractivity contribution is 7.53. The normalized spacial score (nSPS) is 15.4. The molecular formula is C13H20NO5P. The molecule has 0 saturated heterocycles. The quantitative estimate of drug-likeness (QED) is 0.789. The summed E-state index contributed by atoms with van der Waals surface area (Å²) in [5.74, 6) is -1.27. The Kier molecular flexibility index (Phi) is 6.20. The van der Waals surface area contributed by atoms with Crippen LogP contribution in [0.2, 0.25) is 0 Å². The minimum absolute atomic E-state index is 0.0974. The molecule has 7 heteroatoms. The molecule has 0 aliphatic heterocycles.